The lowest BCUT2D eigenvalue weighted by atomic mass is 9.88. The summed E-state index contributed by atoms with van der Waals surface area (Å²) >= 11 is 0. The second kappa shape index (κ2) is 15.7. The van der Waals surface area contributed by atoms with E-state index >= 15 is 0 Å². The van der Waals surface area contributed by atoms with Crippen molar-refractivity contribution in [2.24, 2.45) is 5.92 Å². The van der Waals surface area contributed by atoms with Crippen molar-refractivity contribution in [1.29, 1.82) is 0 Å². The number of rotatable bonds is 14. The third-order valence-electron chi connectivity index (χ3n) is 9.02. The second-order valence-corrected chi connectivity index (χ2v) is 12.3. The molecule has 7 nitrogen and oxygen atoms in total. The summed E-state index contributed by atoms with van der Waals surface area (Å²) in [5, 5.41) is 9.16. The van der Waals surface area contributed by atoms with Gasteiger partial charge in [-0.15, -0.1) is 0 Å². The van der Waals surface area contributed by atoms with E-state index in [1.165, 1.54) is 19.3 Å². The summed E-state index contributed by atoms with van der Waals surface area (Å²) in [6.45, 7) is 5.82. The fourth-order valence-electron chi connectivity index (χ4n) is 6.52. The molecule has 1 N–H and O–H groups in total. The zero-order valence-corrected chi connectivity index (χ0v) is 26.8. The van der Waals surface area contributed by atoms with Gasteiger partial charge in [0.25, 0.3) is 0 Å². The Labute approximate surface area is 267 Å². The van der Waals surface area contributed by atoms with Crippen molar-refractivity contribution in [3.63, 3.8) is 0 Å². The van der Waals surface area contributed by atoms with E-state index in [1.807, 2.05) is 24.3 Å². The first-order chi connectivity index (χ1) is 22.0. The number of anilines is 1. The monoisotopic (exact) mass is 609 g/mol. The Hall–Kier alpha value is -4.13. The first kappa shape index (κ1) is 32.3. The number of amides is 1. The van der Waals surface area contributed by atoms with Crippen molar-refractivity contribution < 1.29 is 19.4 Å². The van der Waals surface area contributed by atoms with Crippen LogP contribution in [0.25, 0.3) is 22.2 Å². The quantitative estimate of drug-likeness (QED) is 0.0874. The Bertz CT molecular complexity index is 1570. The number of carbonyl (C=O) groups is 2. The number of imidazole rings is 1. The molecular formula is C38H47N3O4. The summed E-state index contributed by atoms with van der Waals surface area (Å²) in [4.78, 5) is 32.3. The van der Waals surface area contributed by atoms with Crippen LogP contribution in [0.2, 0.25) is 0 Å². The highest BCUT2D eigenvalue weighted by molar-refractivity contribution is 5.97. The molecule has 1 amide bonds. The number of fused-ring (bicyclic) bond motifs is 1. The van der Waals surface area contributed by atoms with Crippen molar-refractivity contribution in [1.82, 2.24) is 9.55 Å². The van der Waals surface area contributed by atoms with Crippen LogP contribution >= 0.6 is 0 Å². The zero-order chi connectivity index (χ0) is 31.6. The number of aryl methyl sites for hydroxylation is 1. The third-order valence-corrected chi connectivity index (χ3v) is 9.02. The minimum atomic E-state index is -1.33. The maximum absolute atomic E-state index is 13.9. The molecule has 1 heterocycles. The number of ether oxygens (including phenoxy) is 1. The molecule has 238 valence electrons. The van der Waals surface area contributed by atoms with Crippen LogP contribution in [0, 0.1) is 5.92 Å². The van der Waals surface area contributed by atoms with Gasteiger partial charge in [-0.3, -0.25) is 4.79 Å². The number of hydrogen-bond acceptors (Lipinski definition) is 4. The smallest absolute Gasteiger partial charge is 0.449 e. The number of nitrogens with zero attached hydrogens (tertiary/aromatic N) is 3. The first-order valence-corrected chi connectivity index (χ1v) is 16.9. The van der Waals surface area contributed by atoms with Gasteiger partial charge < -0.3 is 19.3 Å². The van der Waals surface area contributed by atoms with Crippen LogP contribution in [0.5, 0.6) is 5.75 Å². The second-order valence-electron chi connectivity index (χ2n) is 12.3. The molecule has 4 aromatic rings. The van der Waals surface area contributed by atoms with Crippen LogP contribution in [0.3, 0.4) is 0 Å². The van der Waals surface area contributed by atoms with Gasteiger partial charge in [-0.05, 0) is 61.1 Å². The van der Waals surface area contributed by atoms with Gasteiger partial charge in [0.05, 0.1) is 11.0 Å². The molecule has 0 radical (unpaired) electrons. The standard InChI is InChI=1S/C38H47N3O4/c1-3-5-7-13-25-40(37(42)30-14-9-8-10-15-30)31-23-24-33-34(26-31)41(36(39-33)18-6-4-2)27-28-19-21-29(22-20-28)32-16-11-12-17-35(32)45-38(43)44/h11-12,16-17,19-24,26,30H,3-10,13-15,18,25,27H2,1-2H3,(H,43,44). The van der Waals surface area contributed by atoms with Gasteiger partial charge in [0, 0.05) is 36.7 Å². The average Bonchev–Trinajstić information content (AvgIpc) is 3.40. The Balaban J connectivity index is 1.46. The van der Waals surface area contributed by atoms with E-state index in [0.717, 1.165) is 104 Å². The van der Waals surface area contributed by atoms with E-state index in [4.69, 9.17) is 14.8 Å². The molecule has 1 saturated carbocycles. The fraction of sp³-hybridized carbons (Fsp3) is 0.447. The van der Waals surface area contributed by atoms with E-state index in [9.17, 15) is 9.59 Å². The number of para-hydroxylation sites is 1. The van der Waals surface area contributed by atoms with Crippen molar-refractivity contribution >= 4 is 28.8 Å². The average molecular weight is 610 g/mol. The van der Waals surface area contributed by atoms with Gasteiger partial charge in [-0.1, -0.05) is 101 Å². The summed E-state index contributed by atoms with van der Waals surface area (Å²) in [6, 6.07) is 21.7. The number of benzene rings is 3. The number of hydrogen-bond donors (Lipinski definition) is 1. The molecule has 1 aliphatic rings. The normalized spacial score (nSPS) is 13.6. The topological polar surface area (TPSA) is 84.7 Å². The van der Waals surface area contributed by atoms with Crippen LogP contribution in [-0.4, -0.2) is 33.3 Å². The molecule has 0 saturated heterocycles. The molecule has 0 atom stereocenters. The molecule has 1 aromatic heterocycles. The SMILES string of the molecule is CCCCCCN(C(=O)C1CCCCC1)c1ccc2nc(CCCC)n(Cc3ccc(-c4ccccc4OC(=O)O)cc3)c2c1. The van der Waals surface area contributed by atoms with Crippen molar-refractivity contribution in [2.75, 3.05) is 11.4 Å². The van der Waals surface area contributed by atoms with Gasteiger partial charge in [-0.25, -0.2) is 9.78 Å². The maximum Gasteiger partial charge on any atom is 0.511 e. The van der Waals surface area contributed by atoms with E-state index in [2.05, 4.69) is 53.6 Å². The minimum Gasteiger partial charge on any atom is -0.449 e. The third kappa shape index (κ3) is 8.13. The van der Waals surface area contributed by atoms with Gasteiger partial charge in [0.1, 0.15) is 11.6 Å². The minimum absolute atomic E-state index is 0.121. The highest BCUT2D eigenvalue weighted by Crippen LogP contribution is 2.32. The van der Waals surface area contributed by atoms with Crippen LogP contribution in [0.4, 0.5) is 10.5 Å². The molecule has 0 spiro atoms. The first-order valence-electron chi connectivity index (χ1n) is 16.9. The molecule has 0 bridgehead atoms. The van der Waals surface area contributed by atoms with Gasteiger partial charge in [0.2, 0.25) is 5.91 Å². The predicted molar refractivity (Wildman–Crippen MR) is 181 cm³/mol. The Morgan fingerprint density at radius 1 is 0.911 bits per heavy atom. The molecule has 0 aliphatic heterocycles. The Kier molecular flexibility index (Phi) is 11.3. The lowest BCUT2D eigenvalue weighted by Crippen LogP contribution is -2.38. The molecule has 1 aliphatic carbocycles. The number of aromatic nitrogens is 2. The highest BCUT2D eigenvalue weighted by atomic mass is 16.7. The van der Waals surface area contributed by atoms with Gasteiger partial charge in [0.15, 0.2) is 0 Å². The molecule has 0 unspecified atom stereocenters. The summed E-state index contributed by atoms with van der Waals surface area (Å²) in [7, 11) is 0. The number of carboxylic acid groups (broad SMARTS) is 1. The van der Waals surface area contributed by atoms with E-state index in [1.54, 1.807) is 12.1 Å². The van der Waals surface area contributed by atoms with Crippen molar-refractivity contribution in [2.45, 2.75) is 97.4 Å². The van der Waals surface area contributed by atoms with E-state index in [0.29, 0.717) is 12.3 Å². The highest BCUT2D eigenvalue weighted by Gasteiger charge is 2.27. The van der Waals surface area contributed by atoms with Crippen LogP contribution in [0.15, 0.2) is 66.7 Å². The van der Waals surface area contributed by atoms with Gasteiger partial charge >= 0.3 is 6.16 Å². The van der Waals surface area contributed by atoms with E-state index in [-0.39, 0.29) is 11.8 Å². The Morgan fingerprint density at radius 2 is 1.67 bits per heavy atom. The van der Waals surface area contributed by atoms with Gasteiger partial charge in [-0.2, -0.15) is 0 Å². The van der Waals surface area contributed by atoms with Crippen molar-refractivity contribution in [3.8, 4) is 16.9 Å². The molecular weight excluding hydrogens is 562 g/mol. The summed E-state index contributed by atoms with van der Waals surface area (Å²) in [5.74, 6) is 1.77. The molecule has 7 heteroatoms. The summed E-state index contributed by atoms with van der Waals surface area (Å²) in [6.07, 6.45) is 11.7. The van der Waals surface area contributed by atoms with E-state index < -0.39 is 6.16 Å². The number of unbranched alkanes of at least 4 members (excludes halogenated alkanes) is 4. The Morgan fingerprint density at radius 3 is 2.40 bits per heavy atom. The van der Waals surface area contributed by atoms with Crippen LogP contribution in [-0.2, 0) is 17.8 Å². The van der Waals surface area contributed by atoms with Crippen molar-refractivity contribution in [3.05, 3.63) is 78.1 Å². The predicted octanol–water partition coefficient (Wildman–Crippen LogP) is 9.64. The zero-order valence-electron chi connectivity index (χ0n) is 26.8. The lowest BCUT2D eigenvalue weighted by Gasteiger charge is -2.29. The number of carbonyl (C=O) groups excluding carboxylic acids is 1. The van der Waals surface area contributed by atoms with Crippen LogP contribution in [0.1, 0.15) is 95.9 Å². The lowest BCUT2D eigenvalue weighted by molar-refractivity contribution is -0.123. The largest absolute Gasteiger partial charge is 0.511 e. The maximum atomic E-state index is 13.9. The summed E-state index contributed by atoms with van der Waals surface area (Å²) in [5.41, 5.74) is 5.72. The molecule has 3 aromatic carbocycles. The molecule has 5 rings (SSSR count). The molecule has 1 fully saturated rings. The molecule has 45 heavy (non-hydrogen) atoms. The summed E-state index contributed by atoms with van der Waals surface area (Å²) < 4.78 is 7.33. The van der Waals surface area contributed by atoms with Crippen LogP contribution < -0.4 is 9.64 Å². The fourth-order valence-corrected chi connectivity index (χ4v) is 6.52.